The minimum atomic E-state index is -0.308. The average Bonchev–Trinajstić information content (AvgIpc) is 3.31. The van der Waals surface area contributed by atoms with E-state index in [0.29, 0.717) is 29.5 Å². The number of nitrogens with one attached hydrogen (secondary N) is 1. The fraction of sp³-hybridized carbons (Fsp3) is 0.500. The zero-order chi connectivity index (χ0) is 22.2. The number of halogens is 1. The van der Waals surface area contributed by atoms with Gasteiger partial charge in [0, 0.05) is 24.5 Å². The molecule has 0 radical (unpaired) electrons. The Hall–Kier alpha value is -3.03. The number of rotatable bonds is 0. The van der Waals surface area contributed by atoms with Gasteiger partial charge in [0.2, 0.25) is 0 Å². The Labute approximate surface area is 186 Å². The molecule has 2 aliphatic heterocycles. The molecule has 5 heterocycles. The van der Waals surface area contributed by atoms with Crippen molar-refractivity contribution in [2.75, 3.05) is 11.4 Å². The maximum Gasteiger partial charge on any atom is 0.256 e. The Bertz CT molecular complexity index is 1240. The van der Waals surface area contributed by atoms with Crippen LogP contribution >= 0.6 is 0 Å². The molecule has 6 rings (SSSR count). The predicted molar refractivity (Wildman–Crippen MR) is 118 cm³/mol. The van der Waals surface area contributed by atoms with Crippen LogP contribution in [0.2, 0.25) is 0 Å². The van der Waals surface area contributed by atoms with Crippen molar-refractivity contribution < 1.29 is 9.18 Å². The Kier molecular flexibility index (Phi) is 4.13. The molecule has 0 aromatic carbocycles. The number of carbonyl (C=O) groups excluding carboxylic acids is 1. The highest BCUT2D eigenvalue weighted by Gasteiger charge is 2.58. The lowest BCUT2D eigenvalue weighted by Crippen LogP contribution is -2.43. The molecule has 3 aliphatic rings. The van der Waals surface area contributed by atoms with Crippen molar-refractivity contribution in [2.24, 2.45) is 17.3 Å². The van der Waals surface area contributed by atoms with Crippen molar-refractivity contribution in [3.8, 4) is 0 Å². The minimum Gasteiger partial charge on any atom is -0.349 e. The van der Waals surface area contributed by atoms with E-state index in [1.54, 1.807) is 16.8 Å². The van der Waals surface area contributed by atoms with E-state index in [4.69, 9.17) is 4.98 Å². The molecule has 1 saturated carbocycles. The molecule has 0 unspecified atom stereocenters. The maximum atomic E-state index is 14.5. The van der Waals surface area contributed by atoms with Crippen LogP contribution in [0.5, 0.6) is 0 Å². The van der Waals surface area contributed by atoms with E-state index in [1.165, 1.54) is 6.20 Å². The third-order valence-corrected chi connectivity index (χ3v) is 7.79. The highest BCUT2D eigenvalue weighted by atomic mass is 19.1. The first-order valence-corrected chi connectivity index (χ1v) is 11.4. The summed E-state index contributed by atoms with van der Waals surface area (Å²) in [6, 6.07) is 3.57. The number of fused-ring (bicyclic) bond motifs is 7. The van der Waals surface area contributed by atoms with Gasteiger partial charge in [0.25, 0.3) is 5.91 Å². The van der Waals surface area contributed by atoms with E-state index in [9.17, 15) is 9.18 Å². The fourth-order valence-electron chi connectivity index (χ4n) is 6.08. The summed E-state index contributed by atoms with van der Waals surface area (Å²) in [6.45, 7) is 7.47. The first-order chi connectivity index (χ1) is 15.3. The SMILES string of the molecule is C[C@@H]1CCc2ncc(F)cc2[C@@H]2[C@H]3CC(C)(C)[C@H]3CN2c2ccn3ncc(c3n2)C(=O)N1. The number of pyridine rings is 1. The van der Waals surface area contributed by atoms with Gasteiger partial charge >= 0.3 is 0 Å². The number of aryl methyl sites for hydroxylation is 1. The van der Waals surface area contributed by atoms with Crippen LogP contribution in [0.1, 0.15) is 61.3 Å². The Balaban J connectivity index is 1.56. The van der Waals surface area contributed by atoms with Crippen LogP contribution in [-0.4, -0.2) is 38.1 Å². The van der Waals surface area contributed by atoms with E-state index in [-0.39, 0.29) is 29.2 Å². The molecule has 3 aromatic rings. The fourth-order valence-corrected chi connectivity index (χ4v) is 6.08. The third kappa shape index (κ3) is 2.84. The van der Waals surface area contributed by atoms with Crippen molar-refractivity contribution >= 4 is 17.4 Å². The van der Waals surface area contributed by atoms with E-state index in [2.05, 4.69) is 34.1 Å². The van der Waals surface area contributed by atoms with E-state index >= 15 is 0 Å². The molecule has 1 aliphatic carbocycles. The average molecular weight is 435 g/mol. The van der Waals surface area contributed by atoms with Crippen LogP contribution in [0, 0.1) is 23.1 Å². The number of hydrogen-bond donors (Lipinski definition) is 1. The molecular formula is C24H27FN6O. The summed E-state index contributed by atoms with van der Waals surface area (Å²) in [7, 11) is 0. The first-order valence-electron chi connectivity index (χ1n) is 11.4. The largest absolute Gasteiger partial charge is 0.349 e. The number of nitrogens with zero attached hydrogens (tertiary/aromatic N) is 5. The topological polar surface area (TPSA) is 75.4 Å². The molecule has 1 N–H and O–H groups in total. The minimum absolute atomic E-state index is 0.0206. The van der Waals surface area contributed by atoms with Crippen molar-refractivity contribution in [3.05, 3.63) is 53.4 Å². The van der Waals surface area contributed by atoms with Crippen LogP contribution in [0.4, 0.5) is 10.2 Å². The molecule has 3 aromatic heterocycles. The summed E-state index contributed by atoms with van der Waals surface area (Å²) in [4.78, 5) is 24.6. The van der Waals surface area contributed by atoms with Gasteiger partial charge in [-0.2, -0.15) is 5.10 Å². The highest BCUT2D eigenvalue weighted by Crippen LogP contribution is 2.62. The van der Waals surface area contributed by atoms with Gasteiger partial charge < -0.3 is 10.2 Å². The van der Waals surface area contributed by atoms with Gasteiger partial charge in [0.05, 0.1) is 18.4 Å². The molecule has 1 saturated heterocycles. The second-order valence-corrected chi connectivity index (χ2v) is 10.3. The van der Waals surface area contributed by atoms with Crippen LogP contribution in [-0.2, 0) is 6.42 Å². The van der Waals surface area contributed by atoms with Gasteiger partial charge in [0.1, 0.15) is 17.2 Å². The van der Waals surface area contributed by atoms with Crippen molar-refractivity contribution in [2.45, 2.75) is 52.1 Å². The van der Waals surface area contributed by atoms with Crippen molar-refractivity contribution in [1.82, 2.24) is 24.9 Å². The smallest absolute Gasteiger partial charge is 0.256 e. The second-order valence-electron chi connectivity index (χ2n) is 10.3. The molecule has 1 amide bonds. The monoisotopic (exact) mass is 434 g/mol. The Morgan fingerprint density at radius 1 is 1.28 bits per heavy atom. The molecule has 7 nitrogen and oxygen atoms in total. The highest BCUT2D eigenvalue weighted by molar-refractivity contribution is 5.99. The Morgan fingerprint density at radius 3 is 2.94 bits per heavy atom. The van der Waals surface area contributed by atoms with Gasteiger partial charge in [-0.15, -0.1) is 0 Å². The molecule has 4 atom stereocenters. The number of amides is 1. The van der Waals surface area contributed by atoms with E-state index in [0.717, 1.165) is 36.5 Å². The molecular weight excluding hydrogens is 407 g/mol. The van der Waals surface area contributed by atoms with Gasteiger partial charge in [-0.05, 0) is 61.1 Å². The summed E-state index contributed by atoms with van der Waals surface area (Å²) < 4.78 is 16.1. The van der Waals surface area contributed by atoms with Crippen LogP contribution in [0.3, 0.4) is 0 Å². The molecule has 166 valence electrons. The molecule has 8 heteroatoms. The standard InChI is InChI=1S/C24H27FN6O/c1-13-4-5-19-15(8-14(25)10-26-19)21-16-9-24(2,3)18(16)12-30(21)20-6-7-31-22(29-20)17(11-27-31)23(32)28-13/h6-8,10-11,13,16,18,21H,4-5,9,12H2,1-3H3,(H,28,32)/t13-,16+,18+,21-/m1/s1. The maximum absolute atomic E-state index is 14.5. The summed E-state index contributed by atoms with van der Waals surface area (Å²) >= 11 is 0. The van der Waals surface area contributed by atoms with Crippen molar-refractivity contribution in [3.63, 3.8) is 0 Å². The first kappa shape index (κ1) is 19.6. The zero-order valence-electron chi connectivity index (χ0n) is 18.5. The number of carbonyl (C=O) groups is 1. The quantitative estimate of drug-likeness (QED) is 0.586. The number of aromatic nitrogens is 4. The molecule has 2 fully saturated rings. The molecule has 2 bridgehead atoms. The second kappa shape index (κ2) is 6.73. The zero-order valence-corrected chi connectivity index (χ0v) is 18.5. The summed E-state index contributed by atoms with van der Waals surface area (Å²) in [5.41, 5.74) is 3.13. The van der Waals surface area contributed by atoms with Gasteiger partial charge in [-0.3, -0.25) is 9.78 Å². The summed E-state index contributed by atoms with van der Waals surface area (Å²) in [6.07, 6.45) is 7.23. The third-order valence-electron chi connectivity index (χ3n) is 7.79. The normalized spacial score (nSPS) is 28.6. The van der Waals surface area contributed by atoms with Crippen LogP contribution in [0.15, 0.2) is 30.7 Å². The number of anilines is 1. The molecule has 0 spiro atoms. The van der Waals surface area contributed by atoms with Gasteiger partial charge in [0.15, 0.2) is 5.65 Å². The summed E-state index contributed by atoms with van der Waals surface area (Å²) in [5, 5.41) is 7.38. The van der Waals surface area contributed by atoms with Crippen molar-refractivity contribution in [1.29, 1.82) is 0 Å². The number of hydrogen-bond acceptors (Lipinski definition) is 5. The van der Waals surface area contributed by atoms with Crippen LogP contribution in [0.25, 0.3) is 5.65 Å². The van der Waals surface area contributed by atoms with Gasteiger partial charge in [-0.1, -0.05) is 13.8 Å². The Morgan fingerprint density at radius 2 is 2.12 bits per heavy atom. The lowest BCUT2D eigenvalue weighted by atomic mass is 9.55. The van der Waals surface area contributed by atoms with Gasteiger partial charge in [-0.25, -0.2) is 13.9 Å². The lowest BCUT2D eigenvalue weighted by molar-refractivity contribution is 0.0146. The summed E-state index contributed by atoms with van der Waals surface area (Å²) in [5.74, 6) is 1.24. The van der Waals surface area contributed by atoms with E-state index < -0.39 is 0 Å². The van der Waals surface area contributed by atoms with E-state index in [1.807, 2.05) is 19.2 Å². The molecule has 32 heavy (non-hydrogen) atoms. The lowest BCUT2D eigenvalue weighted by Gasteiger charge is -2.49. The predicted octanol–water partition coefficient (Wildman–Crippen LogP) is 3.55. The van der Waals surface area contributed by atoms with Crippen LogP contribution < -0.4 is 10.2 Å².